The Morgan fingerprint density at radius 3 is 2.38 bits per heavy atom. The highest BCUT2D eigenvalue weighted by Gasteiger charge is 2.53. The second kappa shape index (κ2) is 26.5. The molecule has 16 heteroatoms. The van der Waals surface area contributed by atoms with Gasteiger partial charge in [0.15, 0.2) is 13.2 Å². The summed E-state index contributed by atoms with van der Waals surface area (Å²) in [6.07, 6.45) is -3.06. The van der Waals surface area contributed by atoms with Gasteiger partial charge in [-0.2, -0.15) is 0 Å². The molecule has 3 aliphatic heterocycles. The minimum atomic E-state index is -3.57. The molecule has 4 rings (SSSR count). The minimum absolute atomic E-state index is 0.0340. The number of hydrogen-bond donors (Lipinski definition) is 2. The van der Waals surface area contributed by atoms with E-state index in [0.717, 1.165) is 24.0 Å². The number of carbonyl (C=O) groups excluding carboxylic acids is 5. The van der Waals surface area contributed by atoms with Crippen LogP contribution in [-0.2, 0) is 56.7 Å². The van der Waals surface area contributed by atoms with Crippen molar-refractivity contribution in [3.8, 4) is 0 Å². The number of piperidine rings is 1. The molecule has 0 radical (unpaired) electrons. The van der Waals surface area contributed by atoms with Crippen molar-refractivity contribution in [1.29, 1.82) is 0 Å². The molecule has 4 aliphatic rings. The number of ether oxygens (including phenoxy) is 5. The number of methoxy groups -OCH3 is 3. The fourth-order valence-electron chi connectivity index (χ4n) is 9.71. The van der Waals surface area contributed by atoms with E-state index in [1.807, 2.05) is 0 Å². The second-order valence-electron chi connectivity index (χ2n) is 19.8. The van der Waals surface area contributed by atoms with Gasteiger partial charge in [-0.25, -0.2) is 4.79 Å². The van der Waals surface area contributed by atoms with E-state index >= 15 is 0 Å². The van der Waals surface area contributed by atoms with Gasteiger partial charge < -0.3 is 43.3 Å². The van der Waals surface area contributed by atoms with Crippen molar-refractivity contribution in [3.05, 3.63) is 47.6 Å². The topological polar surface area (TPSA) is 201 Å². The lowest BCUT2D eigenvalue weighted by molar-refractivity contribution is -0.265. The van der Waals surface area contributed by atoms with Crippen LogP contribution in [-0.4, -0.2) is 140 Å². The number of rotatable bonds is 8. The molecule has 15 nitrogen and oxygen atoms in total. The number of cyclic esters (lactones) is 1. The molecule has 69 heavy (non-hydrogen) atoms. The predicted molar refractivity (Wildman–Crippen MR) is 263 cm³/mol. The molecule has 2 saturated heterocycles. The fourth-order valence-corrected chi connectivity index (χ4v) is 10.6. The van der Waals surface area contributed by atoms with E-state index in [0.29, 0.717) is 38.5 Å². The van der Waals surface area contributed by atoms with Crippen LogP contribution in [0.4, 0.5) is 0 Å². The van der Waals surface area contributed by atoms with Crippen LogP contribution >= 0.6 is 7.37 Å². The summed E-state index contributed by atoms with van der Waals surface area (Å²) >= 11 is 0. The summed E-state index contributed by atoms with van der Waals surface area (Å²) < 4.78 is 146. The van der Waals surface area contributed by atoms with Crippen LogP contribution in [0, 0.1) is 35.5 Å². The average molecular weight is 1000 g/mol. The lowest BCUT2D eigenvalue weighted by Gasteiger charge is -2.42. The Hall–Kier alpha value is -3.14. The van der Waals surface area contributed by atoms with Crippen molar-refractivity contribution >= 4 is 36.6 Å². The quantitative estimate of drug-likeness (QED) is 0.103. The first-order chi connectivity index (χ1) is 37.0. The molecule has 1 aliphatic carbocycles. The lowest BCUT2D eigenvalue weighted by atomic mass is 9.78. The van der Waals surface area contributed by atoms with Crippen molar-refractivity contribution in [3.63, 3.8) is 0 Å². The highest BCUT2D eigenvalue weighted by atomic mass is 31.2. The normalized spacial score (nSPS) is 43.9. The number of allylic oxidation sites excluding steroid dienone is 6. The highest BCUT2D eigenvalue weighted by Crippen LogP contribution is 2.45. The number of Topliss-reactive ketones (excluding diaryl/α,β-unsaturated/α-hetero) is 3. The maximum atomic E-state index is 14.6. The molecule has 0 aromatic carbocycles. The van der Waals surface area contributed by atoms with Crippen LogP contribution in [0.25, 0.3) is 0 Å². The third-order valence-electron chi connectivity index (χ3n) is 13.9. The van der Waals surface area contributed by atoms with E-state index in [4.69, 9.17) is 44.7 Å². The molecule has 3 fully saturated rings. The van der Waals surface area contributed by atoms with Gasteiger partial charge in [-0.05, 0) is 107 Å². The van der Waals surface area contributed by atoms with Crippen LogP contribution in [0.2, 0.25) is 0 Å². The molecule has 390 valence electrons. The van der Waals surface area contributed by atoms with Gasteiger partial charge in [0.2, 0.25) is 5.79 Å². The first-order valence-electron chi connectivity index (χ1n) is 30.1. The summed E-state index contributed by atoms with van der Waals surface area (Å²) in [4.78, 5) is 73.4. The first-order valence-corrected chi connectivity index (χ1v) is 26.6. The Labute approximate surface area is 428 Å². The summed E-state index contributed by atoms with van der Waals surface area (Å²) in [5.74, 6) is -16.8. The number of carbonyl (C=O) groups is 5. The zero-order valence-corrected chi connectivity index (χ0v) is 42.5. The molecular formula is C53H84NO14P. The number of ketones is 3. The van der Waals surface area contributed by atoms with E-state index in [1.54, 1.807) is 6.92 Å². The number of hydrogen-bond acceptors (Lipinski definition) is 14. The molecule has 3 heterocycles. The zero-order chi connectivity index (χ0) is 61.6. The van der Waals surface area contributed by atoms with Crippen LogP contribution in [0.3, 0.4) is 0 Å². The molecule has 15 atom stereocenters. The Bertz CT molecular complexity index is 2400. The van der Waals surface area contributed by atoms with E-state index in [-0.39, 0.29) is 49.3 Å². The highest BCUT2D eigenvalue weighted by molar-refractivity contribution is 7.57. The molecule has 0 spiro atoms. The summed E-state index contributed by atoms with van der Waals surface area (Å²) in [5, 5.41) is 23.8. The number of aliphatic hydroxyl groups excluding tert-OH is 1. The Morgan fingerprint density at radius 2 is 1.70 bits per heavy atom. The van der Waals surface area contributed by atoms with Gasteiger partial charge in [0.25, 0.3) is 11.7 Å². The van der Waals surface area contributed by atoms with Crippen LogP contribution in [0.15, 0.2) is 47.6 Å². The van der Waals surface area contributed by atoms with Gasteiger partial charge in [0.1, 0.15) is 30.1 Å². The Balaban J connectivity index is 1.88. The number of fused-ring (bicyclic) bond motifs is 3. The standard InChI is InChI=1S/C53H84NO14P/c1-32-18-14-13-15-19-33(2)44(63-8)30-40-23-21-38(7)53(61,67-40)50(58)51(59)54-25-17-16-20-41(54)52(60)66-45(35(4)28-39-22-24-43(46(29-39)64-9)68-69(11,12)62)31-42(55)34(3)27-37(6)48(57)49(65-10)47(56)36(5)26-32/h13-15,18-19,27,32,34-36,38-41,43-46,48-49,57,61H,16-17,20-26,28-31H2,1-12H3/b15-13+,18-14+,33-19+,37-27+/t32-,34-,35-,36-,38-,39+,40+,41+,43-,44+,45+,46-,48-,49+,53-/m1/s1/i5D3,8D3,10D3,26D2,32D. The summed E-state index contributed by atoms with van der Waals surface area (Å²) in [5.41, 5.74) is 0.00892. The number of amides is 1. The van der Waals surface area contributed by atoms with Crippen molar-refractivity contribution in [1.82, 2.24) is 4.90 Å². The van der Waals surface area contributed by atoms with Crippen LogP contribution in [0.1, 0.15) is 142 Å². The van der Waals surface area contributed by atoms with Gasteiger partial charge in [0, 0.05) is 79.9 Å². The van der Waals surface area contributed by atoms with Crippen molar-refractivity contribution in [2.24, 2.45) is 35.5 Å². The zero-order valence-electron chi connectivity index (χ0n) is 53.6. The number of aliphatic hydroxyl groups is 2. The smallest absolute Gasteiger partial charge is 0.329 e. The van der Waals surface area contributed by atoms with Crippen molar-refractivity contribution in [2.75, 3.05) is 41.1 Å². The van der Waals surface area contributed by atoms with Gasteiger partial charge in [-0.3, -0.25) is 23.7 Å². The van der Waals surface area contributed by atoms with E-state index in [9.17, 15) is 38.8 Å². The SMILES string of the molecule is [2H]C([2H])([2H])O[C@H]1C[C@@H]2CC[C@@H](C)[C@@](O)(O2)C(=O)C(=O)N2CCCC[C@H]2C(=O)O[C@H]([C@H](C)C[C@@H]2CC[C@@H](OP(C)(C)=O)[C@H](OC)C2)CC(=O)[C@H](C)/C=C(\C)[C@@H](O)[C@@H](OC([2H])([2H])[2H])C(=O)[C@H](C([2H])([2H])[2H])C([2H])([2H])[C@]([2H])(C)/C=C/C=C/C=C/1C. The largest absolute Gasteiger partial charge is 0.460 e. The van der Waals surface area contributed by atoms with Gasteiger partial charge in [-0.1, -0.05) is 71.0 Å². The third-order valence-corrected chi connectivity index (χ3v) is 14.7. The van der Waals surface area contributed by atoms with Gasteiger partial charge >= 0.3 is 5.97 Å². The summed E-state index contributed by atoms with van der Waals surface area (Å²) in [6, 6.07) is -1.37. The molecule has 0 aromatic rings. The molecule has 1 saturated carbocycles. The molecular weight excluding hydrogens is 906 g/mol. The van der Waals surface area contributed by atoms with Crippen molar-refractivity contribution in [2.45, 2.75) is 180 Å². The molecule has 2 bridgehead atoms. The van der Waals surface area contributed by atoms with E-state index in [1.165, 1.54) is 72.4 Å². The second-order valence-corrected chi connectivity index (χ2v) is 22.5. The molecule has 1 amide bonds. The third kappa shape index (κ3) is 16.2. The maximum Gasteiger partial charge on any atom is 0.329 e. The van der Waals surface area contributed by atoms with Crippen LogP contribution in [0.5, 0.6) is 0 Å². The van der Waals surface area contributed by atoms with Crippen molar-refractivity contribution < 1.29 is 83.4 Å². The molecule has 2 N–H and O–H groups in total. The monoisotopic (exact) mass is 1000 g/mol. The number of esters is 1. The Morgan fingerprint density at radius 1 is 0.957 bits per heavy atom. The molecule has 0 unspecified atom stereocenters. The lowest BCUT2D eigenvalue weighted by Crippen LogP contribution is -2.61. The fraction of sp³-hybridized carbons (Fsp3) is 0.755. The number of nitrogens with zero attached hydrogens (tertiary/aromatic N) is 1. The minimum Gasteiger partial charge on any atom is -0.460 e. The molecule has 0 aromatic heterocycles. The van der Waals surface area contributed by atoms with E-state index < -0.39 is 154 Å². The summed E-state index contributed by atoms with van der Waals surface area (Å²) in [7, 11) is -7.85. The average Bonchev–Trinajstić information content (AvgIpc) is 3.56. The van der Waals surface area contributed by atoms with E-state index in [2.05, 4.69) is 0 Å². The van der Waals surface area contributed by atoms with Gasteiger partial charge in [-0.15, -0.1) is 0 Å². The Kier molecular flexibility index (Phi) is 16.3. The maximum absolute atomic E-state index is 14.6. The van der Waals surface area contributed by atoms with Crippen LogP contribution < -0.4 is 0 Å². The van der Waals surface area contributed by atoms with Gasteiger partial charge in [0.05, 0.1) is 32.6 Å². The first kappa shape index (κ1) is 42.4. The predicted octanol–water partition coefficient (Wildman–Crippen LogP) is 7.74. The summed E-state index contributed by atoms with van der Waals surface area (Å²) in [6.45, 7) is 7.70.